The zero-order chi connectivity index (χ0) is 24.2. The van der Waals surface area contributed by atoms with Gasteiger partial charge < -0.3 is 15.4 Å². The fourth-order valence-electron chi connectivity index (χ4n) is 4.21. The molecule has 0 aromatic carbocycles. The van der Waals surface area contributed by atoms with Gasteiger partial charge in [-0.25, -0.2) is 22.7 Å². The Morgan fingerprint density at radius 1 is 1.29 bits per heavy atom. The summed E-state index contributed by atoms with van der Waals surface area (Å²) >= 11 is 0. The third-order valence-electron chi connectivity index (χ3n) is 5.79. The number of carbonyl (C=O) groups excluding carboxylic acids is 1. The molecular formula is C21H21F3N8O2. The van der Waals surface area contributed by atoms with E-state index in [1.807, 2.05) is 0 Å². The van der Waals surface area contributed by atoms with E-state index in [9.17, 15) is 13.6 Å². The van der Waals surface area contributed by atoms with E-state index in [0.29, 0.717) is 11.2 Å². The fraction of sp³-hybridized carbons (Fsp3) is 0.333. The summed E-state index contributed by atoms with van der Waals surface area (Å²) in [4.78, 5) is 22.1. The van der Waals surface area contributed by atoms with E-state index in [2.05, 4.69) is 25.7 Å². The largest absolute Gasteiger partial charge is 0.479 e. The molecule has 10 nitrogen and oxygen atoms in total. The second-order valence-electron chi connectivity index (χ2n) is 8.11. The molecule has 0 spiro atoms. The molecular weight excluding hydrogens is 453 g/mol. The number of aromatic nitrogens is 5. The molecule has 1 atom stereocenters. The zero-order valence-corrected chi connectivity index (χ0v) is 18.5. The highest BCUT2D eigenvalue weighted by atomic mass is 19.3. The van der Waals surface area contributed by atoms with Gasteiger partial charge in [0.25, 0.3) is 11.8 Å². The van der Waals surface area contributed by atoms with Crippen molar-refractivity contribution in [1.29, 1.82) is 0 Å². The van der Waals surface area contributed by atoms with Crippen molar-refractivity contribution in [1.82, 2.24) is 34.2 Å². The summed E-state index contributed by atoms with van der Waals surface area (Å²) in [6.45, 7) is -0.290. The molecule has 5 rings (SSSR count). The SMILES string of the molecule is CNC(=O)c1cnc2ccc(-c3c(F)cn4nc(N[C@@H]5CN(C)CC5(F)F)nc(OC)c34)cn12. The number of nitrogens with zero attached hydrogens (tertiary/aromatic N) is 6. The van der Waals surface area contributed by atoms with Crippen molar-refractivity contribution in [3.05, 3.63) is 42.2 Å². The molecule has 0 unspecified atom stereocenters. The molecule has 0 saturated carbocycles. The fourth-order valence-corrected chi connectivity index (χ4v) is 4.21. The predicted molar refractivity (Wildman–Crippen MR) is 117 cm³/mol. The van der Waals surface area contributed by atoms with Crippen LogP contribution in [0.25, 0.3) is 22.3 Å². The van der Waals surface area contributed by atoms with Crippen LogP contribution in [0.5, 0.6) is 5.88 Å². The highest BCUT2D eigenvalue weighted by molar-refractivity contribution is 5.93. The number of imidazole rings is 1. The molecule has 2 N–H and O–H groups in total. The van der Waals surface area contributed by atoms with Crippen molar-refractivity contribution < 1.29 is 22.7 Å². The molecule has 0 bridgehead atoms. The van der Waals surface area contributed by atoms with Gasteiger partial charge in [-0.3, -0.25) is 14.1 Å². The van der Waals surface area contributed by atoms with Crippen molar-refractivity contribution in [3.8, 4) is 17.0 Å². The smallest absolute Gasteiger partial charge is 0.281 e. The number of nitrogens with one attached hydrogen (secondary N) is 2. The van der Waals surface area contributed by atoms with Crippen molar-refractivity contribution in [2.24, 2.45) is 0 Å². The van der Waals surface area contributed by atoms with Crippen molar-refractivity contribution in [2.45, 2.75) is 12.0 Å². The number of carbonyl (C=O) groups is 1. The number of rotatable bonds is 5. The maximum absolute atomic E-state index is 15.2. The second kappa shape index (κ2) is 7.87. The Bertz CT molecular complexity index is 1420. The van der Waals surface area contributed by atoms with Gasteiger partial charge in [0.1, 0.15) is 22.9 Å². The number of hydrogen-bond donors (Lipinski definition) is 2. The zero-order valence-electron chi connectivity index (χ0n) is 18.5. The summed E-state index contributed by atoms with van der Waals surface area (Å²) < 4.78 is 51.8. The van der Waals surface area contributed by atoms with E-state index >= 15 is 4.39 Å². The number of likely N-dealkylation sites (tertiary alicyclic amines) is 1. The first-order valence-electron chi connectivity index (χ1n) is 10.4. The van der Waals surface area contributed by atoms with Crippen LogP contribution in [0.3, 0.4) is 0 Å². The number of pyridine rings is 1. The van der Waals surface area contributed by atoms with Crippen molar-refractivity contribution in [3.63, 3.8) is 0 Å². The average Bonchev–Trinajstić information content (AvgIpc) is 3.44. The number of methoxy groups -OCH3 is 1. The predicted octanol–water partition coefficient (Wildman–Crippen LogP) is 1.91. The number of alkyl halides is 2. The molecule has 5 heterocycles. The highest BCUT2D eigenvalue weighted by Crippen LogP contribution is 2.35. The maximum Gasteiger partial charge on any atom is 0.281 e. The van der Waals surface area contributed by atoms with Crippen LogP contribution < -0.4 is 15.4 Å². The number of likely N-dealkylation sites (N-methyl/N-ethyl adjacent to an activating group) is 1. The van der Waals surface area contributed by atoms with E-state index < -0.39 is 17.8 Å². The summed E-state index contributed by atoms with van der Waals surface area (Å²) in [6.07, 6.45) is 4.12. The molecule has 34 heavy (non-hydrogen) atoms. The molecule has 178 valence electrons. The molecule has 0 aliphatic carbocycles. The van der Waals surface area contributed by atoms with Crippen LogP contribution in [-0.2, 0) is 0 Å². The monoisotopic (exact) mass is 474 g/mol. The molecule has 1 aliphatic heterocycles. The number of anilines is 1. The first-order valence-corrected chi connectivity index (χ1v) is 10.4. The van der Waals surface area contributed by atoms with Gasteiger partial charge in [-0.15, -0.1) is 5.10 Å². The summed E-state index contributed by atoms with van der Waals surface area (Å²) in [5, 5.41) is 9.38. The number of hydrogen-bond acceptors (Lipinski definition) is 7. The summed E-state index contributed by atoms with van der Waals surface area (Å²) in [6, 6.07) is 2.09. The van der Waals surface area contributed by atoms with Crippen molar-refractivity contribution in [2.75, 3.05) is 39.6 Å². The molecule has 13 heteroatoms. The topological polar surface area (TPSA) is 101 Å². The van der Waals surface area contributed by atoms with Crippen LogP contribution in [-0.4, -0.2) is 81.0 Å². The van der Waals surface area contributed by atoms with Gasteiger partial charge in [0.15, 0.2) is 5.82 Å². The third kappa shape index (κ3) is 3.48. The van der Waals surface area contributed by atoms with Gasteiger partial charge in [0.2, 0.25) is 11.8 Å². The number of fused-ring (bicyclic) bond motifs is 2. The molecule has 1 aliphatic rings. The number of ether oxygens (including phenoxy) is 1. The quantitative estimate of drug-likeness (QED) is 0.456. The summed E-state index contributed by atoms with van der Waals surface area (Å²) in [7, 11) is 4.45. The van der Waals surface area contributed by atoms with Gasteiger partial charge in [0, 0.05) is 25.4 Å². The van der Waals surface area contributed by atoms with E-state index in [4.69, 9.17) is 4.74 Å². The lowest BCUT2D eigenvalue weighted by Crippen LogP contribution is -2.38. The van der Waals surface area contributed by atoms with Crippen molar-refractivity contribution >= 4 is 23.0 Å². The highest BCUT2D eigenvalue weighted by Gasteiger charge is 2.47. The second-order valence-corrected chi connectivity index (χ2v) is 8.11. The molecule has 4 aromatic rings. The normalized spacial score (nSPS) is 18.0. The van der Waals surface area contributed by atoms with E-state index in [0.717, 1.165) is 6.20 Å². The van der Waals surface area contributed by atoms with E-state index in [1.165, 1.54) is 29.8 Å². The van der Waals surface area contributed by atoms with Crippen LogP contribution in [0, 0.1) is 5.82 Å². The average molecular weight is 474 g/mol. The lowest BCUT2D eigenvalue weighted by molar-refractivity contribution is 0.00582. The Balaban J connectivity index is 1.61. The van der Waals surface area contributed by atoms with Gasteiger partial charge in [-0.05, 0) is 19.2 Å². The Kier molecular flexibility index (Phi) is 5.08. The standard InChI is InChI=1S/C21H21F3N8O2/c1-25-18(33)13-6-26-15-5-4-11(7-31(13)15)16-12(22)8-32-17(16)19(34-3)28-20(29-32)27-14-9-30(2)10-21(14,23)24/h4-8,14H,9-10H2,1-3H3,(H,25,33)(H,27,29)/t14-/m1/s1. The molecule has 1 amide bonds. The Labute approximate surface area is 191 Å². The Hall–Kier alpha value is -3.87. The minimum absolute atomic E-state index is 0.00307. The maximum atomic E-state index is 15.2. The number of amides is 1. The van der Waals surface area contributed by atoms with E-state index in [-0.39, 0.29) is 47.6 Å². The van der Waals surface area contributed by atoms with Crippen LogP contribution >= 0.6 is 0 Å². The first-order chi connectivity index (χ1) is 16.2. The Morgan fingerprint density at radius 3 is 2.76 bits per heavy atom. The van der Waals surface area contributed by atoms with Gasteiger partial charge in [-0.2, -0.15) is 4.98 Å². The molecule has 1 fully saturated rings. The third-order valence-corrected chi connectivity index (χ3v) is 5.79. The minimum Gasteiger partial charge on any atom is -0.479 e. The van der Waals surface area contributed by atoms with Gasteiger partial charge in [0.05, 0.1) is 31.6 Å². The van der Waals surface area contributed by atoms with Crippen LogP contribution in [0.4, 0.5) is 19.1 Å². The first kappa shape index (κ1) is 21.9. The van der Waals surface area contributed by atoms with Crippen LogP contribution in [0.15, 0.2) is 30.7 Å². The van der Waals surface area contributed by atoms with Gasteiger partial charge >= 0.3 is 0 Å². The lowest BCUT2D eigenvalue weighted by atomic mass is 10.1. The van der Waals surface area contributed by atoms with Gasteiger partial charge in [-0.1, -0.05) is 0 Å². The molecule has 1 saturated heterocycles. The molecule has 0 radical (unpaired) electrons. The summed E-state index contributed by atoms with van der Waals surface area (Å²) in [5.74, 6) is -4.06. The van der Waals surface area contributed by atoms with Crippen LogP contribution in [0.2, 0.25) is 0 Å². The minimum atomic E-state index is -2.98. The number of halogens is 3. The molecule has 4 aromatic heterocycles. The summed E-state index contributed by atoms with van der Waals surface area (Å²) in [5.41, 5.74) is 1.54. The van der Waals surface area contributed by atoms with E-state index in [1.54, 1.807) is 29.8 Å². The van der Waals surface area contributed by atoms with Crippen LogP contribution in [0.1, 0.15) is 10.5 Å². The Morgan fingerprint density at radius 2 is 2.09 bits per heavy atom. The lowest BCUT2D eigenvalue weighted by Gasteiger charge is -2.19.